The lowest BCUT2D eigenvalue weighted by atomic mass is 9.92. The van der Waals surface area contributed by atoms with Crippen LogP contribution >= 0.6 is 0 Å². The second kappa shape index (κ2) is 12.2. The number of ether oxygens (including phenoxy) is 1. The van der Waals surface area contributed by atoms with Crippen LogP contribution in [0.1, 0.15) is 80.5 Å². The molecule has 4 heterocycles. The summed E-state index contributed by atoms with van der Waals surface area (Å²) in [5, 5.41) is 18.2. The van der Waals surface area contributed by atoms with Crippen molar-refractivity contribution in [3.63, 3.8) is 0 Å². The molecular weight excluding hydrogens is 463 g/mol. The highest BCUT2D eigenvalue weighted by molar-refractivity contribution is 5.91. The zero-order valence-corrected chi connectivity index (χ0v) is 22.5. The van der Waals surface area contributed by atoms with Crippen LogP contribution in [-0.2, 0) is 29.1 Å². The highest BCUT2D eigenvalue weighted by atomic mass is 19.1. The van der Waals surface area contributed by atoms with Gasteiger partial charge in [-0.3, -0.25) is 4.79 Å². The molecule has 0 radical (unpaired) electrons. The van der Waals surface area contributed by atoms with Crippen molar-refractivity contribution in [3.8, 4) is 11.4 Å². The summed E-state index contributed by atoms with van der Waals surface area (Å²) >= 11 is 0. The first-order chi connectivity index (χ1) is 17.3. The molecule has 36 heavy (non-hydrogen) atoms. The Hall–Kier alpha value is -3.10. The van der Waals surface area contributed by atoms with Gasteiger partial charge in [-0.1, -0.05) is 41.0 Å². The Labute approximate surface area is 211 Å². The minimum atomic E-state index is -1.49. The monoisotopic (exact) mass is 500 g/mol. The van der Waals surface area contributed by atoms with Gasteiger partial charge in [-0.05, 0) is 43.0 Å². The summed E-state index contributed by atoms with van der Waals surface area (Å²) in [6, 6.07) is 3.09. The molecule has 0 spiro atoms. The molecule has 0 aliphatic carbocycles. The number of fused-ring (bicyclic) bond motifs is 5. The van der Waals surface area contributed by atoms with Crippen LogP contribution in [0.3, 0.4) is 0 Å². The van der Waals surface area contributed by atoms with Crippen LogP contribution in [-0.4, -0.2) is 32.8 Å². The van der Waals surface area contributed by atoms with Crippen molar-refractivity contribution >= 4 is 16.9 Å². The van der Waals surface area contributed by atoms with E-state index in [1.165, 1.54) is 6.07 Å². The van der Waals surface area contributed by atoms with Crippen LogP contribution in [0.4, 0.5) is 4.39 Å². The predicted molar refractivity (Wildman–Crippen MR) is 140 cm³/mol. The third-order valence-corrected chi connectivity index (χ3v) is 6.35. The smallest absolute Gasteiger partial charge is 0.340 e. The van der Waals surface area contributed by atoms with Crippen molar-refractivity contribution in [3.05, 3.63) is 61.7 Å². The Bertz CT molecular complexity index is 1330. The molecule has 2 aliphatic heterocycles. The summed E-state index contributed by atoms with van der Waals surface area (Å²) in [5.41, 5.74) is 5.41. The van der Waals surface area contributed by atoms with Gasteiger partial charge >= 0.3 is 5.97 Å². The number of hydrogen-bond acceptors (Lipinski definition) is 6. The first-order valence-corrected chi connectivity index (χ1v) is 12.5. The maximum Gasteiger partial charge on any atom is 0.340 e. The van der Waals surface area contributed by atoms with Gasteiger partial charge in [0.05, 0.1) is 29.0 Å². The number of nitrogens with zero attached hydrogens (tertiary/aromatic N) is 2. The second-order valence-corrected chi connectivity index (χ2v) is 8.04. The van der Waals surface area contributed by atoms with Crippen molar-refractivity contribution in [2.24, 2.45) is 0 Å². The minimum absolute atomic E-state index is 0.153. The highest BCUT2D eigenvalue weighted by Crippen LogP contribution is 2.39. The molecule has 1 aromatic carbocycles. The molecule has 8 heteroatoms. The molecule has 2 aromatic heterocycles. The van der Waals surface area contributed by atoms with E-state index in [4.69, 9.17) is 14.8 Å². The number of cyclic esters (lactones) is 1. The van der Waals surface area contributed by atoms with E-state index in [2.05, 4.69) is 6.92 Å². The maximum absolute atomic E-state index is 14.6. The molecular formula is C28H37FN2O5. The van der Waals surface area contributed by atoms with Crippen molar-refractivity contribution in [2.45, 2.75) is 80.6 Å². The third kappa shape index (κ3) is 4.67. The molecule has 2 aliphatic rings. The summed E-state index contributed by atoms with van der Waals surface area (Å²) < 4.78 is 21.1. The standard InChI is InChI=1S/C23H21FN2O4.2C2H6.CH4O/c1-4-5-12-10(2)16(24)7-17-19(12)11(3)14-8-26-18(20(14)25-17)6-13-15(22(26)28)9-30-23(29)21(13)27;3*1-2/h6-7,21,27H,4-5,8-9H2,1-3H3;2*1-2H3;2H,1H3. The lowest BCUT2D eigenvalue weighted by Crippen LogP contribution is -2.32. The zero-order chi connectivity index (χ0) is 27.3. The minimum Gasteiger partial charge on any atom is -0.458 e. The van der Waals surface area contributed by atoms with Crippen molar-refractivity contribution in [2.75, 3.05) is 7.11 Å². The third-order valence-electron chi connectivity index (χ3n) is 6.35. The van der Waals surface area contributed by atoms with E-state index in [1.807, 2.05) is 34.6 Å². The quantitative estimate of drug-likeness (QED) is 0.380. The number of halogens is 1. The zero-order valence-electron chi connectivity index (χ0n) is 22.5. The molecule has 2 N–H and O–H groups in total. The van der Waals surface area contributed by atoms with Gasteiger partial charge in [-0.15, -0.1) is 0 Å². The molecule has 1 atom stereocenters. The number of carbonyl (C=O) groups is 1. The van der Waals surface area contributed by atoms with Crippen LogP contribution in [0.5, 0.6) is 0 Å². The number of aliphatic hydroxyl groups is 2. The van der Waals surface area contributed by atoms with E-state index in [0.29, 0.717) is 29.0 Å². The fourth-order valence-electron chi connectivity index (χ4n) is 4.74. The molecule has 3 aromatic rings. The predicted octanol–water partition coefficient (Wildman–Crippen LogP) is 4.88. The van der Waals surface area contributed by atoms with Gasteiger partial charge in [-0.25, -0.2) is 14.2 Å². The Balaban J connectivity index is 0.000000710. The number of pyridine rings is 2. The van der Waals surface area contributed by atoms with E-state index >= 15 is 0 Å². The van der Waals surface area contributed by atoms with Crippen molar-refractivity contribution in [1.29, 1.82) is 0 Å². The van der Waals surface area contributed by atoms with Gasteiger partial charge in [0.1, 0.15) is 12.4 Å². The van der Waals surface area contributed by atoms with E-state index in [-0.39, 0.29) is 29.1 Å². The molecule has 0 bridgehead atoms. The molecule has 196 valence electrons. The summed E-state index contributed by atoms with van der Waals surface area (Å²) in [5.74, 6) is -1.06. The van der Waals surface area contributed by atoms with Crippen LogP contribution in [0, 0.1) is 19.7 Å². The Morgan fingerprint density at radius 2 is 1.72 bits per heavy atom. The summed E-state index contributed by atoms with van der Waals surface area (Å²) in [7, 11) is 1.00. The summed E-state index contributed by atoms with van der Waals surface area (Å²) in [6.45, 7) is 14.0. The Morgan fingerprint density at radius 3 is 2.33 bits per heavy atom. The first kappa shape index (κ1) is 29.1. The second-order valence-electron chi connectivity index (χ2n) is 8.04. The Morgan fingerprint density at radius 1 is 1.08 bits per heavy atom. The number of esters is 1. The van der Waals surface area contributed by atoms with Gasteiger partial charge < -0.3 is 19.5 Å². The fraction of sp³-hybridized carbons (Fsp3) is 0.464. The molecule has 0 amide bonds. The number of aryl methyl sites for hydroxylation is 2. The summed E-state index contributed by atoms with van der Waals surface area (Å²) in [4.78, 5) is 29.6. The fourth-order valence-corrected chi connectivity index (χ4v) is 4.74. The number of hydrogen-bond donors (Lipinski definition) is 2. The molecule has 1 unspecified atom stereocenters. The lowest BCUT2D eigenvalue weighted by molar-refractivity contribution is -0.157. The molecule has 0 saturated carbocycles. The molecule has 0 fully saturated rings. The number of rotatable bonds is 2. The van der Waals surface area contributed by atoms with Crippen LogP contribution < -0.4 is 5.56 Å². The topological polar surface area (TPSA) is 102 Å². The van der Waals surface area contributed by atoms with E-state index in [0.717, 1.165) is 42.0 Å². The van der Waals surface area contributed by atoms with Crippen molar-refractivity contribution in [1.82, 2.24) is 9.55 Å². The van der Waals surface area contributed by atoms with Crippen LogP contribution in [0.2, 0.25) is 0 Å². The average Bonchev–Trinajstić information content (AvgIpc) is 3.27. The first-order valence-electron chi connectivity index (χ1n) is 12.5. The normalized spacial score (nSPS) is 14.6. The number of aliphatic hydroxyl groups excluding tert-OH is 2. The largest absolute Gasteiger partial charge is 0.458 e. The highest BCUT2D eigenvalue weighted by Gasteiger charge is 2.34. The van der Waals surface area contributed by atoms with E-state index in [1.54, 1.807) is 17.6 Å². The molecule has 0 saturated heterocycles. The number of benzene rings is 1. The average molecular weight is 501 g/mol. The van der Waals surface area contributed by atoms with Gasteiger partial charge in [0.25, 0.3) is 5.56 Å². The van der Waals surface area contributed by atoms with Crippen LogP contribution in [0.15, 0.2) is 16.9 Å². The van der Waals surface area contributed by atoms with Gasteiger partial charge in [0.2, 0.25) is 0 Å². The van der Waals surface area contributed by atoms with E-state index < -0.39 is 12.1 Å². The van der Waals surface area contributed by atoms with Gasteiger partial charge in [-0.2, -0.15) is 0 Å². The SMILES string of the molecule is CC.CC.CCCc1c(C)c(F)cc2nc3c(c(C)c12)Cn1c-3cc2c(c1=O)COC(=O)C2O.CO. The number of carbonyl (C=O) groups excluding carboxylic acids is 1. The van der Waals surface area contributed by atoms with E-state index in [9.17, 15) is 19.1 Å². The maximum atomic E-state index is 14.6. The van der Waals surface area contributed by atoms with Gasteiger partial charge in [0.15, 0.2) is 6.10 Å². The number of aromatic nitrogens is 2. The van der Waals surface area contributed by atoms with Crippen molar-refractivity contribution < 1.29 is 24.1 Å². The van der Waals surface area contributed by atoms with Gasteiger partial charge in [0, 0.05) is 29.7 Å². The molecule has 5 rings (SSSR count). The Kier molecular flexibility index (Phi) is 9.90. The summed E-state index contributed by atoms with van der Waals surface area (Å²) in [6.07, 6.45) is 0.136. The lowest BCUT2D eigenvalue weighted by Gasteiger charge is -2.21. The molecule has 7 nitrogen and oxygen atoms in total. The van der Waals surface area contributed by atoms with Crippen LogP contribution in [0.25, 0.3) is 22.3 Å².